The normalized spacial score (nSPS) is 12.6. The Balaban J connectivity index is 2.20. The minimum Gasteiger partial charge on any atom is -0.337 e. The molecule has 1 heterocycles. The van der Waals surface area contributed by atoms with E-state index >= 15 is 0 Å². The monoisotopic (exact) mass is 345 g/mol. The van der Waals surface area contributed by atoms with E-state index < -0.39 is 0 Å². The van der Waals surface area contributed by atoms with Crippen molar-refractivity contribution in [1.29, 1.82) is 0 Å². The van der Waals surface area contributed by atoms with Crippen molar-refractivity contribution in [1.82, 2.24) is 10.1 Å². The van der Waals surface area contributed by atoms with Gasteiger partial charge in [0.2, 0.25) is 11.7 Å². The fraction of sp³-hybridized carbons (Fsp3) is 0.333. The number of nitrogens with two attached hydrogens (primary N) is 1. The van der Waals surface area contributed by atoms with E-state index in [0.717, 1.165) is 12.2 Å². The van der Waals surface area contributed by atoms with Gasteiger partial charge in [-0.3, -0.25) is 0 Å². The van der Waals surface area contributed by atoms with E-state index in [1.807, 2.05) is 6.26 Å². The van der Waals surface area contributed by atoms with Crippen molar-refractivity contribution in [2.24, 2.45) is 5.73 Å². The molecule has 2 aromatic rings. The Morgan fingerprint density at radius 1 is 1.47 bits per heavy atom. The molecule has 1 aromatic carbocycles. The van der Waals surface area contributed by atoms with Crippen LogP contribution in [0.2, 0.25) is 0 Å². The van der Waals surface area contributed by atoms with Gasteiger partial charge in [-0.25, -0.2) is 4.39 Å². The molecule has 1 unspecified atom stereocenters. The zero-order chi connectivity index (χ0) is 13.8. The second-order valence-corrected chi connectivity index (χ2v) is 5.90. The van der Waals surface area contributed by atoms with Crippen LogP contribution in [0.4, 0.5) is 4.39 Å². The molecule has 1 atom stereocenters. The van der Waals surface area contributed by atoms with Crippen molar-refractivity contribution < 1.29 is 8.91 Å². The minimum absolute atomic E-state index is 0.286. The number of thioether (sulfide) groups is 1. The fourth-order valence-electron chi connectivity index (χ4n) is 1.55. The number of rotatable bonds is 5. The summed E-state index contributed by atoms with van der Waals surface area (Å²) in [6, 6.07) is 4.16. The van der Waals surface area contributed by atoms with Crippen molar-refractivity contribution in [3.8, 4) is 11.4 Å². The lowest BCUT2D eigenvalue weighted by Gasteiger charge is -2.03. The largest absolute Gasteiger partial charge is 0.337 e. The molecule has 4 nitrogen and oxygen atoms in total. The molecule has 102 valence electrons. The van der Waals surface area contributed by atoms with Crippen molar-refractivity contribution >= 4 is 27.7 Å². The number of hydrogen-bond acceptors (Lipinski definition) is 5. The van der Waals surface area contributed by atoms with Crippen LogP contribution in [0.25, 0.3) is 11.4 Å². The van der Waals surface area contributed by atoms with Gasteiger partial charge in [0.25, 0.3) is 0 Å². The molecule has 19 heavy (non-hydrogen) atoms. The molecular weight excluding hydrogens is 333 g/mol. The second kappa shape index (κ2) is 6.49. The Labute approximate surface area is 123 Å². The maximum absolute atomic E-state index is 13.3. The topological polar surface area (TPSA) is 64.9 Å². The zero-order valence-corrected chi connectivity index (χ0v) is 12.7. The number of halogens is 2. The third-order valence-electron chi connectivity index (χ3n) is 2.51. The van der Waals surface area contributed by atoms with Crippen LogP contribution in [0.1, 0.15) is 18.4 Å². The Kier molecular flexibility index (Phi) is 4.95. The maximum atomic E-state index is 13.3. The predicted molar refractivity (Wildman–Crippen MR) is 77.3 cm³/mol. The Bertz CT molecular complexity index is 543. The Morgan fingerprint density at radius 2 is 2.26 bits per heavy atom. The number of aromatic nitrogens is 2. The number of nitrogens with zero attached hydrogens (tertiary/aromatic N) is 2. The van der Waals surface area contributed by atoms with Crippen LogP contribution >= 0.6 is 27.7 Å². The van der Waals surface area contributed by atoms with E-state index in [4.69, 9.17) is 10.3 Å². The molecule has 0 saturated heterocycles. The van der Waals surface area contributed by atoms with Gasteiger partial charge in [0.05, 0.1) is 6.04 Å². The molecule has 0 radical (unpaired) electrons. The van der Waals surface area contributed by atoms with Crippen LogP contribution in [0.15, 0.2) is 27.2 Å². The zero-order valence-electron chi connectivity index (χ0n) is 10.3. The summed E-state index contributed by atoms with van der Waals surface area (Å²) >= 11 is 4.93. The quantitative estimate of drug-likeness (QED) is 0.899. The molecule has 7 heteroatoms. The maximum Gasteiger partial charge on any atom is 0.243 e. The molecule has 0 amide bonds. The highest BCUT2D eigenvalue weighted by Crippen LogP contribution is 2.24. The van der Waals surface area contributed by atoms with Gasteiger partial charge < -0.3 is 10.3 Å². The van der Waals surface area contributed by atoms with Gasteiger partial charge in [0.15, 0.2) is 0 Å². The van der Waals surface area contributed by atoms with E-state index in [2.05, 4.69) is 26.1 Å². The van der Waals surface area contributed by atoms with Crippen LogP contribution < -0.4 is 5.73 Å². The highest BCUT2D eigenvalue weighted by Gasteiger charge is 2.16. The molecule has 0 spiro atoms. The van der Waals surface area contributed by atoms with Gasteiger partial charge in [0, 0.05) is 10.0 Å². The lowest BCUT2D eigenvalue weighted by Crippen LogP contribution is -2.11. The first-order valence-electron chi connectivity index (χ1n) is 5.64. The summed E-state index contributed by atoms with van der Waals surface area (Å²) in [6.07, 6.45) is 2.77. The third kappa shape index (κ3) is 3.77. The summed E-state index contributed by atoms with van der Waals surface area (Å²) in [5.41, 5.74) is 6.49. The molecule has 2 N–H and O–H groups in total. The van der Waals surface area contributed by atoms with Crippen molar-refractivity contribution in [2.75, 3.05) is 12.0 Å². The number of benzene rings is 1. The van der Waals surface area contributed by atoms with E-state index in [9.17, 15) is 4.39 Å². The van der Waals surface area contributed by atoms with Crippen molar-refractivity contribution in [3.05, 3.63) is 34.4 Å². The van der Waals surface area contributed by atoms with Crippen LogP contribution in [0.5, 0.6) is 0 Å². The molecule has 0 saturated carbocycles. The molecule has 2 rings (SSSR count). The molecule has 0 aliphatic heterocycles. The molecule has 0 bridgehead atoms. The summed E-state index contributed by atoms with van der Waals surface area (Å²) in [4.78, 5) is 4.22. The van der Waals surface area contributed by atoms with E-state index in [-0.39, 0.29) is 11.9 Å². The minimum atomic E-state index is -0.359. The highest BCUT2D eigenvalue weighted by molar-refractivity contribution is 9.10. The van der Waals surface area contributed by atoms with Crippen LogP contribution in [0.3, 0.4) is 0 Å². The van der Waals surface area contributed by atoms with E-state index in [0.29, 0.717) is 21.8 Å². The predicted octanol–water partition coefficient (Wildman–Crippen LogP) is 3.39. The van der Waals surface area contributed by atoms with Crippen LogP contribution in [-0.4, -0.2) is 22.1 Å². The molecule has 0 fully saturated rings. The highest BCUT2D eigenvalue weighted by atomic mass is 79.9. The smallest absolute Gasteiger partial charge is 0.243 e. The standard InChI is InChI=1S/C12H13BrFN3OS/c1-19-3-2-10(15)12-16-11(17-18-12)7-4-8(13)6-9(14)5-7/h4-6,10H,2-3,15H2,1H3. The first kappa shape index (κ1) is 14.5. The van der Waals surface area contributed by atoms with Crippen LogP contribution in [0, 0.1) is 5.82 Å². The summed E-state index contributed by atoms with van der Waals surface area (Å²) in [6.45, 7) is 0. The summed E-state index contributed by atoms with van der Waals surface area (Å²) < 4.78 is 19.1. The first-order valence-corrected chi connectivity index (χ1v) is 7.83. The van der Waals surface area contributed by atoms with Crippen molar-refractivity contribution in [3.63, 3.8) is 0 Å². The average molecular weight is 346 g/mol. The Morgan fingerprint density at radius 3 is 2.95 bits per heavy atom. The Hall–Kier alpha value is -0.920. The van der Waals surface area contributed by atoms with Gasteiger partial charge >= 0.3 is 0 Å². The lowest BCUT2D eigenvalue weighted by atomic mass is 10.2. The summed E-state index contributed by atoms with van der Waals surface area (Å²) in [7, 11) is 0. The summed E-state index contributed by atoms with van der Waals surface area (Å²) in [5, 5.41) is 3.84. The molecule has 0 aliphatic rings. The van der Waals surface area contributed by atoms with Gasteiger partial charge in [-0.1, -0.05) is 21.1 Å². The van der Waals surface area contributed by atoms with Gasteiger partial charge in [0.1, 0.15) is 5.82 Å². The van der Waals surface area contributed by atoms with Gasteiger partial charge in [-0.2, -0.15) is 16.7 Å². The van der Waals surface area contributed by atoms with Gasteiger partial charge in [-0.05, 0) is 36.6 Å². The fourth-order valence-corrected chi connectivity index (χ4v) is 2.51. The van der Waals surface area contributed by atoms with E-state index in [1.54, 1.807) is 17.8 Å². The number of hydrogen-bond donors (Lipinski definition) is 1. The second-order valence-electron chi connectivity index (χ2n) is 4.00. The summed E-state index contributed by atoms with van der Waals surface area (Å²) in [5.74, 6) is 1.28. The SMILES string of the molecule is CSCCC(N)c1nc(-c2cc(F)cc(Br)c2)no1. The first-order chi connectivity index (χ1) is 9.10. The molecular formula is C12H13BrFN3OS. The van der Waals surface area contributed by atoms with Crippen LogP contribution in [-0.2, 0) is 0 Å². The van der Waals surface area contributed by atoms with Gasteiger partial charge in [-0.15, -0.1) is 0 Å². The molecule has 0 aliphatic carbocycles. The van der Waals surface area contributed by atoms with Crippen molar-refractivity contribution in [2.45, 2.75) is 12.5 Å². The average Bonchev–Trinajstić information content (AvgIpc) is 2.84. The molecule has 1 aromatic heterocycles. The van der Waals surface area contributed by atoms with E-state index in [1.165, 1.54) is 12.1 Å². The lowest BCUT2D eigenvalue weighted by molar-refractivity contribution is 0.353. The third-order valence-corrected chi connectivity index (χ3v) is 3.61.